The largest absolute Gasteiger partial charge is 0.496 e. The fraction of sp³-hybridized carbons (Fsp3) is 0.364. The van der Waals surface area contributed by atoms with Gasteiger partial charge in [-0.15, -0.1) is 0 Å². The topological polar surface area (TPSA) is 35.5 Å². The van der Waals surface area contributed by atoms with Gasteiger partial charge in [-0.25, -0.2) is 0 Å². The van der Waals surface area contributed by atoms with Crippen LogP contribution in [0.5, 0.6) is 11.5 Å². The van der Waals surface area contributed by atoms with Crippen molar-refractivity contribution >= 4 is 6.29 Å². The van der Waals surface area contributed by atoms with Crippen molar-refractivity contribution in [2.75, 3.05) is 13.7 Å². The highest BCUT2D eigenvalue weighted by atomic mass is 16.5. The molecule has 1 aromatic rings. The summed E-state index contributed by atoms with van der Waals surface area (Å²) < 4.78 is 10.6. The Labute approximate surface area is 82.6 Å². The minimum atomic E-state index is 0.584. The lowest BCUT2D eigenvalue weighted by Gasteiger charge is -2.18. The van der Waals surface area contributed by atoms with Crippen LogP contribution in [-0.2, 0) is 6.42 Å². The van der Waals surface area contributed by atoms with Crippen LogP contribution in [-0.4, -0.2) is 20.0 Å². The van der Waals surface area contributed by atoms with Crippen molar-refractivity contribution in [2.45, 2.75) is 12.8 Å². The molecule has 0 atom stereocenters. The Balaban J connectivity index is 2.48. The summed E-state index contributed by atoms with van der Waals surface area (Å²) in [6, 6.07) is 3.64. The Bertz CT molecular complexity index is 358. The zero-order valence-electron chi connectivity index (χ0n) is 8.08. The third kappa shape index (κ3) is 1.45. The van der Waals surface area contributed by atoms with Gasteiger partial charge in [0, 0.05) is 6.07 Å². The summed E-state index contributed by atoms with van der Waals surface area (Å²) in [7, 11) is 1.55. The Morgan fingerprint density at radius 2 is 2.36 bits per heavy atom. The molecule has 1 aromatic carbocycles. The molecule has 14 heavy (non-hydrogen) atoms. The fourth-order valence-corrected chi connectivity index (χ4v) is 1.67. The molecule has 74 valence electrons. The molecule has 1 aliphatic rings. The lowest BCUT2D eigenvalue weighted by molar-refractivity contribution is 0.112. The van der Waals surface area contributed by atoms with Gasteiger partial charge in [0.2, 0.25) is 0 Å². The normalized spacial score (nSPS) is 14.1. The minimum absolute atomic E-state index is 0.584. The van der Waals surface area contributed by atoms with Crippen molar-refractivity contribution in [2.24, 2.45) is 0 Å². The molecule has 0 amide bonds. The molecule has 0 fully saturated rings. The molecule has 0 saturated carbocycles. The van der Waals surface area contributed by atoms with E-state index in [1.807, 2.05) is 6.07 Å². The predicted octanol–water partition coefficient (Wildman–Crippen LogP) is 1.83. The van der Waals surface area contributed by atoms with Gasteiger partial charge in [0.15, 0.2) is 6.29 Å². The maximum atomic E-state index is 10.8. The summed E-state index contributed by atoms with van der Waals surface area (Å²) in [5, 5.41) is 0. The van der Waals surface area contributed by atoms with Crippen molar-refractivity contribution in [1.29, 1.82) is 0 Å². The van der Waals surface area contributed by atoms with E-state index in [1.54, 1.807) is 13.2 Å². The van der Waals surface area contributed by atoms with Crippen molar-refractivity contribution in [3.05, 3.63) is 23.3 Å². The molecule has 3 heteroatoms. The van der Waals surface area contributed by atoms with Gasteiger partial charge in [-0.1, -0.05) is 0 Å². The molecule has 0 bridgehead atoms. The second-order valence-corrected chi connectivity index (χ2v) is 3.27. The van der Waals surface area contributed by atoms with E-state index in [0.29, 0.717) is 11.3 Å². The van der Waals surface area contributed by atoms with E-state index in [0.717, 1.165) is 37.0 Å². The fourth-order valence-electron chi connectivity index (χ4n) is 1.67. The summed E-state index contributed by atoms with van der Waals surface area (Å²) in [4.78, 5) is 10.8. The quantitative estimate of drug-likeness (QED) is 0.670. The van der Waals surface area contributed by atoms with Gasteiger partial charge in [0.05, 0.1) is 19.3 Å². The van der Waals surface area contributed by atoms with E-state index >= 15 is 0 Å². The maximum Gasteiger partial charge on any atom is 0.153 e. The number of rotatable bonds is 2. The number of aldehydes is 1. The van der Waals surface area contributed by atoms with E-state index in [2.05, 4.69) is 0 Å². The zero-order chi connectivity index (χ0) is 9.97. The van der Waals surface area contributed by atoms with Gasteiger partial charge in [0.1, 0.15) is 11.5 Å². The number of hydrogen-bond donors (Lipinski definition) is 0. The number of benzene rings is 1. The first-order chi connectivity index (χ1) is 6.85. The van der Waals surface area contributed by atoms with Gasteiger partial charge in [-0.3, -0.25) is 4.79 Å². The highest BCUT2D eigenvalue weighted by molar-refractivity contribution is 5.80. The summed E-state index contributed by atoms with van der Waals surface area (Å²) in [6.07, 6.45) is 2.80. The summed E-state index contributed by atoms with van der Waals surface area (Å²) in [5.74, 6) is 1.43. The molecule has 0 N–H and O–H groups in total. The van der Waals surface area contributed by atoms with Gasteiger partial charge in [0.25, 0.3) is 0 Å². The number of aryl methyl sites for hydroxylation is 1. The van der Waals surface area contributed by atoms with E-state index in [-0.39, 0.29) is 0 Å². The molecule has 0 radical (unpaired) electrons. The summed E-state index contributed by atoms with van der Waals surface area (Å²) in [6.45, 7) is 0.747. The van der Waals surface area contributed by atoms with Crippen LogP contribution in [0.1, 0.15) is 22.3 Å². The molecule has 0 spiro atoms. The second kappa shape index (κ2) is 3.70. The molecule has 1 aliphatic heterocycles. The van der Waals surface area contributed by atoms with E-state index < -0.39 is 0 Å². The van der Waals surface area contributed by atoms with Gasteiger partial charge < -0.3 is 9.47 Å². The average molecular weight is 192 g/mol. The highest BCUT2D eigenvalue weighted by Gasteiger charge is 2.14. The molecule has 2 rings (SSSR count). The van der Waals surface area contributed by atoms with Crippen LogP contribution in [0.25, 0.3) is 0 Å². The van der Waals surface area contributed by atoms with E-state index in [4.69, 9.17) is 9.47 Å². The Hall–Kier alpha value is -1.51. The van der Waals surface area contributed by atoms with Gasteiger partial charge >= 0.3 is 0 Å². The number of carbonyl (C=O) groups is 1. The average Bonchev–Trinajstić information content (AvgIpc) is 2.27. The Kier molecular flexibility index (Phi) is 2.39. The van der Waals surface area contributed by atoms with Crippen molar-refractivity contribution in [3.8, 4) is 11.5 Å². The van der Waals surface area contributed by atoms with E-state index in [1.165, 1.54) is 0 Å². The van der Waals surface area contributed by atoms with Crippen molar-refractivity contribution < 1.29 is 14.3 Å². The predicted molar refractivity (Wildman–Crippen MR) is 52.2 cm³/mol. The molecule has 0 aromatic heterocycles. The standard InChI is InChI=1S/C11H12O3/c1-13-10-6-11-8(3-2-4-14-11)5-9(10)7-12/h5-7H,2-4H2,1H3. The van der Waals surface area contributed by atoms with Crippen LogP contribution in [0.2, 0.25) is 0 Å². The van der Waals surface area contributed by atoms with Crippen LogP contribution in [0.4, 0.5) is 0 Å². The number of methoxy groups -OCH3 is 1. The first-order valence-corrected chi connectivity index (χ1v) is 4.64. The Morgan fingerprint density at radius 1 is 1.50 bits per heavy atom. The smallest absolute Gasteiger partial charge is 0.153 e. The molecule has 3 nitrogen and oxygen atoms in total. The zero-order valence-corrected chi connectivity index (χ0v) is 8.08. The second-order valence-electron chi connectivity index (χ2n) is 3.27. The highest BCUT2D eigenvalue weighted by Crippen LogP contribution is 2.31. The third-order valence-electron chi connectivity index (χ3n) is 2.39. The van der Waals surface area contributed by atoms with Crippen LogP contribution in [0, 0.1) is 0 Å². The van der Waals surface area contributed by atoms with Crippen molar-refractivity contribution in [1.82, 2.24) is 0 Å². The molecule has 0 unspecified atom stereocenters. The van der Waals surface area contributed by atoms with Crippen LogP contribution >= 0.6 is 0 Å². The molecular weight excluding hydrogens is 180 g/mol. The summed E-state index contributed by atoms with van der Waals surface area (Å²) in [5.41, 5.74) is 1.69. The Morgan fingerprint density at radius 3 is 3.07 bits per heavy atom. The van der Waals surface area contributed by atoms with Gasteiger partial charge in [-0.05, 0) is 24.5 Å². The van der Waals surface area contributed by atoms with Crippen LogP contribution in [0.3, 0.4) is 0 Å². The first kappa shape index (κ1) is 9.06. The monoisotopic (exact) mass is 192 g/mol. The lowest BCUT2D eigenvalue weighted by Crippen LogP contribution is -2.09. The lowest BCUT2D eigenvalue weighted by atomic mass is 10.0. The maximum absolute atomic E-state index is 10.8. The van der Waals surface area contributed by atoms with Crippen molar-refractivity contribution in [3.63, 3.8) is 0 Å². The number of fused-ring (bicyclic) bond motifs is 1. The molecule has 1 heterocycles. The summed E-state index contributed by atoms with van der Waals surface area (Å²) >= 11 is 0. The molecule has 0 aliphatic carbocycles. The minimum Gasteiger partial charge on any atom is -0.496 e. The van der Waals surface area contributed by atoms with Crippen LogP contribution in [0.15, 0.2) is 12.1 Å². The molecule has 0 saturated heterocycles. The number of carbonyl (C=O) groups excluding carboxylic acids is 1. The van der Waals surface area contributed by atoms with Gasteiger partial charge in [-0.2, -0.15) is 0 Å². The van der Waals surface area contributed by atoms with E-state index in [9.17, 15) is 4.79 Å². The van der Waals surface area contributed by atoms with Crippen LogP contribution < -0.4 is 9.47 Å². The first-order valence-electron chi connectivity index (χ1n) is 4.64. The number of ether oxygens (including phenoxy) is 2. The SMILES string of the molecule is COc1cc2c(cc1C=O)CCCO2. The third-order valence-corrected chi connectivity index (χ3v) is 2.39. The number of hydrogen-bond acceptors (Lipinski definition) is 3. The molecular formula is C11H12O3.